The molecule has 4 aromatic rings. The number of hydrogen-bond donors (Lipinski definition) is 2. The molecule has 0 spiro atoms. The minimum Gasteiger partial charge on any atom is -0.390 e. The van der Waals surface area contributed by atoms with E-state index in [1.54, 1.807) is 28.2 Å². The van der Waals surface area contributed by atoms with Gasteiger partial charge in [-0.2, -0.15) is 5.10 Å². The maximum atomic E-state index is 13.2. The molecule has 0 radical (unpaired) electrons. The highest BCUT2D eigenvalue weighted by Gasteiger charge is 2.26. The van der Waals surface area contributed by atoms with Gasteiger partial charge in [0.2, 0.25) is 0 Å². The summed E-state index contributed by atoms with van der Waals surface area (Å²) in [4.78, 5) is 23.6. The Morgan fingerprint density at radius 1 is 1.18 bits per heavy atom. The largest absolute Gasteiger partial charge is 0.390 e. The van der Waals surface area contributed by atoms with Crippen LogP contribution >= 0.6 is 11.6 Å². The van der Waals surface area contributed by atoms with Crippen LogP contribution in [0.15, 0.2) is 55.1 Å². The Bertz CT molecular complexity index is 1330. The second-order valence-electron chi connectivity index (χ2n) is 7.82. The third-order valence-electron chi connectivity index (χ3n) is 5.75. The molecule has 1 aliphatic heterocycles. The number of hydrogen-bond acceptors (Lipinski definition) is 6. The summed E-state index contributed by atoms with van der Waals surface area (Å²) in [5.41, 5.74) is 3.66. The lowest BCUT2D eigenvalue weighted by molar-refractivity contribution is 0.0689. The van der Waals surface area contributed by atoms with Crippen molar-refractivity contribution >= 4 is 29.1 Å². The SMILES string of the molecule is Cn1nccc1Nc1cc(-c2cc3n(c2)CCN(Cc2cccnc2CO)C3=O)c(Cl)cn1. The van der Waals surface area contributed by atoms with E-state index in [2.05, 4.69) is 20.4 Å². The molecule has 10 heteroatoms. The number of fused-ring (bicyclic) bond motifs is 1. The maximum Gasteiger partial charge on any atom is 0.270 e. The lowest BCUT2D eigenvalue weighted by Gasteiger charge is -2.28. The predicted molar refractivity (Wildman–Crippen MR) is 124 cm³/mol. The molecule has 0 aliphatic carbocycles. The standard InChI is InChI=1S/C23H22ClN7O2/c1-29-22(4-6-27-29)28-21-10-17(18(24)11-26-21)16-9-20-23(33)31(8-7-30(20)13-16)12-15-3-2-5-25-19(15)14-32/h2-6,9-11,13,32H,7-8,12,14H2,1H3,(H,26,28). The van der Waals surface area contributed by atoms with E-state index in [-0.39, 0.29) is 12.5 Å². The van der Waals surface area contributed by atoms with Crippen molar-refractivity contribution in [1.82, 2.24) is 29.2 Å². The number of rotatable bonds is 6. The summed E-state index contributed by atoms with van der Waals surface area (Å²) in [6.45, 7) is 1.47. The van der Waals surface area contributed by atoms with E-state index < -0.39 is 0 Å². The van der Waals surface area contributed by atoms with E-state index in [0.717, 1.165) is 22.5 Å². The van der Waals surface area contributed by atoms with Gasteiger partial charge in [0.15, 0.2) is 0 Å². The van der Waals surface area contributed by atoms with E-state index in [1.165, 1.54) is 0 Å². The Morgan fingerprint density at radius 3 is 2.85 bits per heavy atom. The molecule has 5 heterocycles. The first-order valence-electron chi connectivity index (χ1n) is 10.5. The van der Waals surface area contributed by atoms with Gasteiger partial charge >= 0.3 is 0 Å². The minimum absolute atomic E-state index is 0.0707. The maximum absolute atomic E-state index is 13.2. The molecule has 5 rings (SSSR count). The van der Waals surface area contributed by atoms with Crippen molar-refractivity contribution in [3.05, 3.63) is 77.1 Å². The quantitative estimate of drug-likeness (QED) is 0.455. The molecule has 0 saturated carbocycles. The van der Waals surface area contributed by atoms with Crippen molar-refractivity contribution in [3.8, 4) is 11.1 Å². The van der Waals surface area contributed by atoms with Gasteiger partial charge in [0.1, 0.15) is 17.3 Å². The number of nitrogens with zero attached hydrogens (tertiary/aromatic N) is 6. The summed E-state index contributed by atoms with van der Waals surface area (Å²) >= 11 is 6.47. The van der Waals surface area contributed by atoms with Gasteiger partial charge in [0.05, 0.1) is 23.5 Å². The lowest BCUT2D eigenvalue weighted by atomic mass is 10.1. The number of pyridine rings is 2. The Morgan fingerprint density at radius 2 is 2.06 bits per heavy atom. The van der Waals surface area contributed by atoms with Crippen molar-refractivity contribution in [2.45, 2.75) is 19.7 Å². The topological polar surface area (TPSA) is 101 Å². The van der Waals surface area contributed by atoms with Crippen molar-refractivity contribution in [2.75, 3.05) is 11.9 Å². The molecule has 1 aliphatic rings. The summed E-state index contributed by atoms with van der Waals surface area (Å²) in [7, 11) is 1.84. The fraction of sp³-hybridized carbons (Fsp3) is 0.217. The van der Waals surface area contributed by atoms with Crippen molar-refractivity contribution in [3.63, 3.8) is 0 Å². The third kappa shape index (κ3) is 4.08. The van der Waals surface area contributed by atoms with Gasteiger partial charge in [-0.25, -0.2) is 4.98 Å². The third-order valence-corrected chi connectivity index (χ3v) is 6.05. The molecule has 168 valence electrons. The van der Waals surface area contributed by atoms with Crippen LogP contribution in [0.3, 0.4) is 0 Å². The van der Waals surface area contributed by atoms with Gasteiger partial charge in [-0.3, -0.25) is 14.5 Å². The molecular weight excluding hydrogens is 442 g/mol. The van der Waals surface area contributed by atoms with Crippen LogP contribution in [0.5, 0.6) is 0 Å². The number of anilines is 2. The van der Waals surface area contributed by atoms with E-state index in [4.69, 9.17) is 11.6 Å². The molecule has 4 aromatic heterocycles. The summed E-state index contributed by atoms with van der Waals surface area (Å²) in [5, 5.41) is 17.4. The summed E-state index contributed by atoms with van der Waals surface area (Å²) in [5.74, 6) is 1.36. The molecule has 0 atom stereocenters. The van der Waals surface area contributed by atoms with Gasteiger partial charge in [-0.05, 0) is 23.8 Å². The predicted octanol–water partition coefficient (Wildman–Crippen LogP) is 3.22. The van der Waals surface area contributed by atoms with E-state index in [9.17, 15) is 9.90 Å². The van der Waals surface area contributed by atoms with Crippen LogP contribution in [0.2, 0.25) is 5.02 Å². The van der Waals surface area contributed by atoms with Crippen LogP contribution in [0.25, 0.3) is 11.1 Å². The van der Waals surface area contributed by atoms with Crippen molar-refractivity contribution in [1.29, 1.82) is 0 Å². The number of nitrogens with one attached hydrogen (secondary N) is 1. The van der Waals surface area contributed by atoms with Gasteiger partial charge in [-0.15, -0.1) is 0 Å². The highest BCUT2D eigenvalue weighted by atomic mass is 35.5. The number of aryl methyl sites for hydroxylation is 1. The summed E-state index contributed by atoms with van der Waals surface area (Å²) in [6.07, 6.45) is 6.88. The van der Waals surface area contributed by atoms with Crippen LogP contribution < -0.4 is 5.32 Å². The fourth-order valence-corrected chi connectivity index (χ4v) is 4.20. The Hall–Kier alpha value is -3.69. The zero-order chi connectivity index (χ0) is 22.9. The first kappa shape index (κ1) is 21.2. The fourth-order valence-electron chi connectivity index (χ4n) is 3.98. The number of carbonyl (C=O) groups is 1. The molecule has 0 fully saturated rings. The molecule has 0 unspecified atom stereocenters. The zero-order valence-electron chi connectivity index (χ0n) is 17.9. The Labute approximate surface area is 195 Å². The van der Waals surface area contributed by atoms with Gasteiger partial charge in [0, 0.05) is 62.5 Å². The van der Waals surface area contributed by atoms with E-state index >= 15 is 0 Å². The Balaban J connectivity index is 1.41. The van der Waals surface area contributed by atoms with Crippen LogP contribution in [-0.2, 0) is 26.7 Å². The van der Waals surface area contributed by atoms with Crippen LogP contribution in [0.1, 0.15) is 21.7 Å². The number of amides is 1. The van der Waals surface area contributed by atoms with E-state index in [0.29, 0.717) is 41.9 Å². The molecule has 0 saturated heterocycles. The Kier molecular flexibility index (Phi) is 5.57. The summed E-state index contributed by atoms with van der Waals surface area (Å²) in [6, 6.07) is 9.28. The van der Waals surface area contributed by atoms with Gasteiger partial charge in [-0.1, -0.05) is 17.7 Å². The first-order valence-corrected chi connectivity index (χ1v) is 10.9. The van der Waals surface area contributed by atoms with Gasteiger partial charge in [0.25, 0.3) is 5.91 Å². The smallest absolute Gasteiger partial charge is 0.270 e. The highest BCUT2D eigenvalue weighted by Crippen LogP contribution is 2.33. The minimum atomic E-state index is -0.158. The number of aromatic nitrogens is 5. The monoisotopic (exact) mass is 463 g/mol. The second-order valence-corrected chi connectivity index (χ2v) is 8.22. The zero-order valence-corrected chi connectivity index (χ0v) is 18.7. The number of carbonyl (C=O) groups excluding carboxylic acids is 1. The molecule has 9 nitrogen and oxygen atoms in total. The van der Waals surface area contributed by atoms with Crippen molar-refractivity contribution < 1.29 is 9.90 Å². The van der Waals surface area contributed by atoms with Crippen LogP contribution in [0.4, 0.5) is 11.6 Å². The molecule has 33 heavy (non-hydrogen) atoms. The number of aliphatic hydroxyl groups is 1. The van der Waals surface area contributed by atoms with Crippen LogP contribution in [0, 0.1) is 0 Å². The molecule has 2 N–H and O–H groups in total. The van der Waals surface area contributed by atoms with E-state index in [1.807, 2.05) is 48.1 Å². The van der Waals surface area contributed by atoms with Crippen molar-refractivity contribution in [2.24, 2.45) is 7.05 Å². The molecule has 0 aromatic carbocycles. The first-order chi connectivity index (χ1) is 16.0. The lowest BCUT2D eigenvalue weighted by Crippen LogP contribution is -2.39. The highest BCUT2D eigenvalue weighted by molar-refractivity contribution is 6.33. The normalized spacial score (nSPS) is 13.3. The number of halogens is 1. The second kappa shape index (κ2) is 8.68. The average Bonchev–Trinajstić information content (AvgIpc) is 3.44. The number of aliphatic hydroxyl groups excluding tert-OH is 1. The molecular formula is C23H22ClN7O2. The molecule has 1 amide bonds. The molecule has 0 bridgehead atoms. The summed E-state index contributed by atoms with van der Waals surface area (Å²) < 4.78 is 3.67. The van der Waals surface area contributed by atoms with Crippen LogP contribution in [-0.4, -0.2) is 46.8 Å². The van der Waals surface area contributed by atoms with Gasteiger partial charge < -0.3 is 19.9 Å². The average molecular weight is 464 g/mol.